The lowest BCUT2D eigenvalue weighted by Crippen LogP contribution is -2.45. The molecule has 1 saturated heterocycles. The summed E-state index contributed by atoms with van der Waals surface area (Å²) >= 11 is 0. The smallest absolute Gasteiger partial charge is 0.319 e. The molecule has 1 aliphatic heterocycles. The highest BCUT2D eigenvalue weighted by atomic mass is 16.2. The van der Waals surface area contributed by atoms with E-state index in [1.165, 1.54) is 10.1 Å². The number of urea groups is 1. The van der Waals surface area contributed by atoms with Crippen LogP contribution in [0.25, 0.3) is 10.8 Å². The summed E-state index contributed by atoms with van der Waals surface area (Å²) in [5.74, 6) is 0. The zero-order valence-corrected chi connectivity index (χ0v) is 16.6. The van der Waals surface area contributed by atoms with Crippen molar-refractivity contribution in [3.05, 3.63) is 76.7 Å². The Kier molecular flexibility index (Phi) is 5.62. The van der Waals surface area contributed by atoms with E-state index >= 15 is 0 Å². The molecular weight excluding hydrogens is 364 g/mol. The molecular formula is C23H26N4O2. The van der Waals surface area contributed by atoms with E-state index in [9.17, 15) is 9.59 Å². The summed E-state index contributed by atoms with van der Waals surface area (Å²) in [5, 5.41) is 7.37. The van der Waals surface area contributed by atoms with Gasteiger partial charge in [0.1, 0.15) is 0 Å². The molecule has 0 radical (unpaired) electrons. The molecule has 0 saturated carbocycles. The van der Waals surface area contributed by atoms with E-state index in [0.29, 0.717) is 11.1 Å². The van der Waals surface area contributed by atoms with Crippen LogP contribution in [0.15, 0.2) is 65.6 Å². The van der Waals surface area contributed by atoms with Gasteiger partial charge in [-0.2, -0.15) is 0 Å². The molecule has 0 unspecified atom stereocenters. The van der Waals surface area contributed by atoms with Crippen molar-refractivity contribution < 1.29 is 4.79 Å². The van der Waals surface area contributed by atoms with Gasteiger partial charge in [0.05, 0.1) is 5.69 Å². The van der Waals surface area contributed by atoms with Crippen molar-refractivity contribution in [1.82, 2.24) is 14.8 Å². The molecule has 3 aromatic rings. The Morgan fingerprint density at radius 2 is 1.66 bits per heavy atom. The monoisotopic (exact) mass is 390 g/mol. The molecule has 150 valence electrons. The average Bonchev–Trinajstić information content (AvgIpc) is 2.74. The number of aryl methyl sites for hydroxylation is 1. The Labute approximate surface area is 170 Å². The molecule has 2 heterocycles. The predicted molar refractivity (Wildman–Crippen MR) is 116 cm³/mol. The topological polar surface area (TPSA) is 66.4 Å². The largest absolute Gasteiger partial charge is 0.335 e. The minimum Gasteiger partial charge on any atom is -0.335 e. The first-order valence-electron chi connectivity index (χ1n) is 10.0. The number of hydrogen-bond acceptors (Lipinski definition) is 3. The summed E-state index contributed by atoms with van der Waals surface area (Å²) in [7, 11) is 1.69. The number of nitrogens with zero attached hydrogens (tertiary/aromatic N) is 2. The fraction of sp³-hybridized carbons (Fsp3) is 0.304. The van der Waals surface area contributed by atoms with Gasteiger partial charge < -0.3 is 15.2 Å². The fourth-order valence-corrected chi connectivity index (χ4v) is 3.94. The first kappa shape index (κ1) is 19.2. The molecule has 4 rings (SSSR count). The first-order valence-corrected chi connectivity index (χ1v) is 10.0. The minimum absolute atomic E-state index is 0.0719. The van der Waals surface area contributed by atoms with Crippen LogP contribution in [-0.2, 0) is 13.6 Å². The van der Waals surface area contributed by atoms with E-state index in [2.05, 4.69) is 39.8 Å². The number of rotatable bonds is 4. The molecule has 0 bridgehead atoms. The third-order valence-corrected chi connectivity index (χ3v) is 5.51. The number of amides is 2. The van der Waals surface area contributed by atoms with Crippen molar-refractivity contribution in [3.63, 3.8) is 0 Å². The zero-order valence-electron chi connectivity index (χ0n) is 16.6. The van der Waals surface area contributed by atoms with Gasteiger partial charge in [-0.15, -0.1) is 0 Å². The van der Waals surface area contributed by atoms with E-state index in [1.54, 1.807) is 19.3 Å². The van der Waals surface area contributed by atoms with Crippen LogP contribution in [0.4, 0.5) is 10.5 Å². The lowest BCUT2D eigenvalue weighted by Gasteiger charge is -2.32. The van der Waals surface area contributed by atoms with Crippen molar-refractivity contribution >= 4 is 22.5 Å². The molecule has 1 aromatic heterocycles. The number of pyridine rings is 1. The Bertz CT molecular complexity index is 1050. The molecule has 0 atom stereocenters. The second-order valence-electron chi connectivity index (χ2n) is 7.64. The van der Waals surface area contributed by atoms with Crippen LogP contribution in [0.3, 0.4) is 0 Å². The SMILES string of the molecule is Cn1cc(NC(=O)NC2CCN(Cc3ccccc3)CC2)c2ccccc2c1=O. The number of anilines is 1. The number of likely N-dealkylation sites (tertiary alicyclic amines) is 1. The molecule has 2 N–H and O–H groups in total. The Balaban J connectivity index is 1.35. The van der Waals surface area contributed by atoms with Crippen LogP contribution in [0.1, 0.15) is 18.4 Å². The van der Waals surface area contributed by atoms with Gasteiger partial charge in [0, 0.05) is 49.7 Å². The summed E-state index contributed by atoms with van der Waals surface area (Å²) in [5.41, 5.74) is 1.89. The fourth-order valence-electron chi connectivity index (χ4n) is 3.94. The van der Waals surface area contributed by atoms with Gasteiger partial charge in [-0.25, -0.2) is 4.79 Å². The zero-order chi connectivity index (χ0) is 20.2. The van der Waals surface area contributed by atoms with Gasteiger partial charge in [0.25, 0.3) is 5.56 Å². The third-order valence-electron chi connectivity index (χ3n) is 5.51. The van der Waals surface area contributed by atoms with Crippen LogP contribution in [-0.4, -0.2) is 34.6 Å². The molecule has 1 aliphatic rings. The van der Waals surface area contributed by atoms with Crippen molar-refractivity contribution in [2.45, 2.75) is 25.4 Å². The Morgan fingerprint density at radius 3 is 2.38 bits per heavy atom. The lowest BCUT2D eigenvalue weighted by atomic mass is 10.0. The summed E-state index contributed by atoms with van der Waals surface area (Å²) in [6.07, 6.45) is 3.52. The highest BCUT2D eigenvalue weighted by Gasteiger charge is 2.21. The number of aromatic nitrogens is 1. The normalized spacial score (nSPS) is 15.3. The minimum atomic E-state index is -0.227. The van der Waals surface area contributed by atoms with Crippen molar-refractivity contribution in [1.29, 1.82) is 0 Å². The Morgan fingerprint density at radius 1 is 1.00 bits per heavy atom. The average molecular weight is 390 g/mol. The number of carbonyl (C=O) groups is 1. The number of carbonyl (C=O) groups excluding carboxylic acids is 1. The maximum absolute atomic E-state index is 12.6. The highest BCUT2D eigenvalue weighted by molar-refractivity contribution is 6.01. The molecule has 6 heteroatoms. The van der Waals surface area contributed by atoms with Gasteiger partial charge >= 0.3 is 6.03 Å². The predicted octanol–water partition coefficient (Wildman–Crippen LogP) is 3.32. The molecule has 0 spiro atoms. The number of fused-ring (bicyclic) bond motifs is 1. The second kappa shape index (κ2) is 8.49. The first-order chi connectivity index (χ1) is 14.1. The second-order valence-corrected chi connectivity index (χ2v) is 7.64. The molecule has 2 amide bonds. The summed E-state index contributed by atoms with van der Waals surface area (Å²) in [4.78, 5) is 27.3. The van der Waals surface area contributed by atoms with E-state index in [0.717, 1.165) is 37.9 Å². The Hall–Kier alpha value is -3.12. The quantitative estimate of drug-likeness (QED) is 0.718. The van der Waals surface area contributed by atoms with Crippen LogP contribution < -0.4 is 16.2 Å². The van der Waals surface area contributed by atoms with Crippen molar-refractivity contribution in [2.24, 2.45) is 7.05 Å². The highest BCUT2D eigenvalue weighted by Crippen LogP contribution is 2.20. The van der Waals surface area contributed by atoms with Crippen molar-refractivity contribution in [2.75, 3.05) is 18.4 Å². The molecule has 2 aromatic carbocycles. The molecule has 6 nitrogen and oxygen atoms in total. The molecule has 1 fully saturated rings. The molecule has 29 heavy (non-hydrogen) atoms. The maximum Gasteiger partial charge on any atom is 0.319 e. The van der Waals surface area contributed by atoms with E-state index in [1.807, 2.05) is 24.3 Å². The van der Waals surface area contributed by atoms with Crippen LogP contribution >= 0.6 is 0 Å². The summed E-state index contributed by atoms with van der Waals surface area (Å²) in [6, 6.07) is 17.7. The van der Waals surface area contributed by atoms with Crippen LogP contribution in [0, 0.1) is 0 Å². The standard InChI is InChI=1S/C23H26N4O2/c1-26-16-21(19-9-5-6-10-20(19)22(26)28)25-23(29)24-18-11-13-27(14-12-18)15-17-7-3-2-4-8-17/h2-10,16,18H,11-15H2,1H3,(H2,24,25,29). The van der Waals surface area contributed by atoms with Crippen molar-refractivity contribution in [3.8, 4) is 0 Å². The van der Waals surface area contributed by atoms with Gasteiger partial charge in [0.15, 0.2) is 0 Å². The third kappa shape index (κ3) is 4.49. The van der Waals surface area contributed by atoms with Gasteiger partial charge in [-0.05, 0) is 24.5 Å². The van der Waals surface area contributed by atoms with Gasteiger partial charge in [0.2, 0.25) is 0 Å². The number of piperidine rings is 1. The summed E-state index contributed by atoms with van der Waals surface area (Å²) < 4.78 is 1.50. The number of benzene rings is 2. The van der Waals surface area contributed by atoms with Crippen LogP contribution in [0.2, 0.25) is 0 Å². The molecule has 0 aliphatic carbocycles. The summed E-state index contributed by atoms with van der Waals surface area (Å²) in [6.45, 7) is 2.87. The number of nitrogens with one attached hydrogen (secondary N) is 2. The maximum atomic E-state index is 12.6. The van der Waals surface area contributed by atoms with Gasteiger partial charge in [-0.1, -0.05) is 48.5 Å². The number of hydrogen-bond donors (Lipinski definition) is 2. The van der Waals surface area contributed by atoms with Crippen LogP contribution in [0.5, 0.6) is 0 Å². The van der Waals surface area contributed by atoms with E-state index in [-0.39, 0.29) is 17.6 Å². The van der Waals surface area contributed by atoms with E-state index in [4.69, 9.17) is 0 Å². The van der Waals surface area contributed by atoms with Gasteiger partial charge in [-0.3, -0.25) is 9.69 Å². The lowest BCUT2D eigenvalue weighted by molar-refractivity contribution is 0.190. The van der Waals surface area contributed by atoms with E-state index < -0.39 is 0 Å².